The van der Waals surface area contributed by atoms with E-state index in [4.69, 9.17) is 17.3 Å². The lowest BCUT2D eigenvalue weighted by Crippen LogP contribution is -2.40. The van der Waals surface area contributed by atoms with Crippen LogP contribution in [0, 0.1) is 0 Å². The molecule has 0 saturated carbocycles. The van der Waals surface area contributed by atoms with E-state index < -0.39 is 11.6 Å². The van der Waals surface area contributed by atoms with Gasteiger partial charge in [0.15, 0.2) is 0 Å². The van der Waals surface area contributed by atoms with E-state index in [0.717, 1.165) is 11.1 Å². The third-order valence-corrected chi connectivity index (χ3v) is 3.48. The highest BCUT2D eigenvalue weighted by molar-refractivity contribution is 6.31. The first-order chi connectivity index (χ1) is 8.85. The molecule has 0 spiro atoms. The molecule has 1 heterocycles. The second kappa shape index (κ2) is 4.83. The average Bonchev–Trinajstić information content (AvgIpc) is 2.53. The summed E-state index contributed by atoms with van der Waals surface area (Å²) in [7, 11) is 0. The minimum Gasteiger partial charge on any atom is -0.326 e. The van der Waals surface area contributed by atoms with Crippen molar-refractivity contribution in [1.82, 2.24) is 10.2 Å². The molecule has 3 N–H and O–H groups in total. The van der Waals surface area contributed by atoms with Gasteiger partial charge in [-0.15, -0.1) is 0 Å². The molecule has 0 unspecified atom stereocenters. The lowest BCUT2D eigenvalue weighted by molar-refractivity contribution is -0.130. The van der Waals surface area contributed by atoms with Crippen LogP contribution in [0.5, 0.6) is 0 Å². The molecule has 3 amide bonds. The van der Waals surface area contributed by atoms with E-state index in [1.807, 2.05) is 6.07 Å². The second-order valence-electron chi connectivity index (χ2n) is 5.08. The van der Waals surface area contributed by atoms with Crippen molar-refractivity contribution in [3.63, 3.8) is 0 Å². The van der Waals surface area contributed by atoms with Crippen LogP contribution in [0.15, 0.2) is 18.2 Å². The summed E-state index contributed by atoms with van der Waals surface area (Å²) in [5, 5.41) is 3.14. The number of carbonyl (C=O) groups is 2. The Hall–Kier alpha value is -1.59. The van der Waals surface area contributed by atoms with Gasteiger partial charge in [0.05, 0.1) is 6.54 Å². The van der Waals surface area contributed by atoms with Crippen molar-refractivity contribution in [3.05, 3.63) is 34.3 Å². The van der Waals surface area contributed by atoms with Crippen LogP contribution >= 0.6 is 11.6 Å². The van der Waals surface area contributed by atoms with Gasteiger partial charge >= 0.3 is 6.03 Å². The Morgan fingerprint density at radius 2 is 2.05 bits per heavy atom. The van der Waals surface area contributed by atoms with Gasteiger partial charge in [0.25, 0.3) is 5.91 Å². The van der Waals surface area contributed by atoms with Crippen molar-refractivity contribution in [2.24, 2.45) is 5.73 Å². The minimum absolute atomic E-state index is 0.164. The van der Waals surface area contributed by atoms with Gasteiger partial charge in [-0.2, -0.15) is 0 Å². The van der Waals surface area contributed by atoms with Crippen LogP contribution in [-0.4, -0.2) is 22.4 Å². The van der Waals surface area contributed by atoms with Crippen molar-refractivity contribution in [1.29, 1.82) is 0 Å². The van der Waals surface area contributed by atoms with Gasteiger partial charge in [0.1, 0.15) is 5.54 Å². The summed E-state index contributed by atoms with van der Waals surface area (Å²) >= 11 is 6.13. The first kappa shape index (κ1) is 13.8. The number of urea groups is 1. The van der Waals surface area contributed by atoms with E-state index in [1.54, 1.807) is 26.0 Å². The molecule has 0 atom stereocenters. The summed E-state index contributed by atoms with van der Waals surface area (Å²) in [6.45, 7) is 3.91. The molecule has 0 radical (unpaired) electrons. The predicted molar refractivity (Wildman–Crippen MR) is 72.5 cm³/mol. The number of carbonyl (C=O) groups excluding carboxylic acids is 2. The van der Waals surface area contributed by atoms with Crippen molar-refractivity contribution < 1.29 is 9.59 Å². The summed E-state index contributed by atoms with van der Waals surface area (Å²) in [6.07, 6.45) is 0. The molecule has 102 valence electrons. The van der Waals surface area contributed by atoms with E-state index in [1.165, 1.54) is 4.90 Å². The molecule has 1 aliphatic heterocycles. The minimum atomic E-state index is -0.860. The topological polar surface area (TPSA) is 75.4 Å². The largest absolute Gasteiger partial charge is 0.326 e. The van der Waals surface area contributed by atoms with Gasteiger partial charge in [-0.25, -0.2) is 4.79 Å². The number of halogens is 1. The Bertz CT molecular complexity index is 543. The first-order valence-corrected chi connectivity index (χ1v) is 6.34. The third kappa shape index (κ3) is 2.57. The van der Waals surface area contributed by atoms with E-state index >= 15 is 0 Å². The number of amides is 3. The van der Waals surface area contributed by atoms with Crippen molar-refractivity contribution >= 4 is 23.5 Å². The molecule has 0 bridgehead atoms. The van der Waals surface area contributed by atoms with Crippen molar-refractivity contribution in [2.75, 3.05) is 0 Å². The van der Waals surface area contributed by atoms with Gasteiger partial charge in [-0.3, -0.25) is 9.69 Å². The monoisotopic (exact) mass is 281 g/mol. The number of imide groups is 1. The van der Waals surface area contributed by atoms with E-state index in [0.29, 0.717) is 11.6 Å². The maximum atomic E-state index is 12.1. The Morgan fingerprint density at radius 1 is 1.37 bits per heavy atom. The molecule has 1 saturated heterocycles. The van der Waals surface area contributed by atoms with Crippen LogP contribution in [0.1, 0.15) is 25.0 Å². The maximum Gasteiger partial charge on any atom is 0.325 e. The first-order valence-electron chi connectivity index (χ1n) is 5.96. The molecule has 0 aromatic heterocycles. The summed E-state index contributed by atoms with van der Waals surface area (Å²) in [4.78, 5) is 25.0. The Balaban J connectivity index is 2.22. The zero-order chi connectivity index (χ0) is 14.2. The zero-order valence-electron chi connectivity index (χ0n) is 10.9. The molecule has 1 aliphatic rings. The molecule has 2 rings (SSSR count). The second-order valence-corrected chi connectivity index (χ2v) is 5.48. The molecule has 6 heteroatoms. The number of rotatable bonds is 3. The van der Waals surface area contributed by atoms with Crippen LogP contribution in [0.25, 0.3) is 0 Å². The highest BCUT2D eigenvalue weighted by Crippen LogP contribution is 2.23. The zero-order valence-corrected chi connectivity index (χ0v) is 11.6. The molecular formula is C13H16ClN3O2. The SMILES string of the molecule is CC1(C)NC(=O)N(Cc2ccc(CN)cc2Cl)C1=O. The fraction of sp³-hybridized carbons (Fsp3) is 0.385. The standard InChI is InChI=1S/C13H16ClN3O2/c1-13(2)11(18)17(12(19)16-13)7-9-4-3-8(6-15)5-10(9)14/h3-5H,6-7,15H2,1-2H3,(H,16,19). The third-order valence-electron chi connectivity index (χ3n) is 3.13. The quantitative estimate of drug-likeness (QED) is 0.827. The molecule has 1 aromatic rings. The van der Waals surface area contributed by atoms with Crippen LogP contribution in [0.2, 0.25) is 5.02 Å². The van der Waals surface area contributed by atoms with Gasteiger partial charge in [-0.05, 0) is 31.0 Å². The summed E-state index contributed by atoms with van der Waals surface area (Å²) in [6, 6.07) is 4.98. The molecular weight excluding hydrogens is 266 g/mol. The molecule has 1 aromatic carbocycles. The van der Waals surface area contributed by atoms with Crippen LogP contribution in [-0.2, 0) is 17.9 Å². The normalized spacial score (nSPS) is 17.8. The number of hydrogen-bond acceptors (Lipinski definition) is 3. The van der Waals surface area contributed by atoms with Gasteiger partial charge < -0.3 is 11.1 Å². The van der Waals surface area contributed by atoms with Gasteiger partial charge in [-0.1, -0.05) is 23.7 Å². The van der Waals surface area contributed by atoms with Gasteiger partial charge in [0, 0.05) is 11.6 Å². The summed E-state index contributed by atoms with van der Waals surface area (Å²) in [5.41, 5.74) is 6.30. The number of hydrogen-bond donors (Lipinski definition) is 2. The fourth-order valence-electron chi connectivity index (χ4n) is 1.98. The number of nitrogens with one attached hydrogen (secondary N) is 1. The summed E-state index contributed by atoms with van der Waals surface area (Å²) < 4.78 is 0. The fourth-order valence-corrected chi connectivity index (χ4v) is 2.24. The lowest BCUT2D eigenvalue weighted by Gasteiger charge is -2.16. The van der Waals surface area contributed by atoms with Crippen LogP contribution in [0.3, 0.4) is 0 Å². The van der Waals surface area contributed by atoms with E-state index in [9.17, 15) is 9.59 Å². The maximum absolute atomic E-state index is 12.1. The molecule has 1 fully saturated rings. The van der Waals surface area contributed by atoms with Crippen molar-refractivity contribution in [3.8, 4) is 0 Å². The van der Waals surface area contributed by atoms with Gasteiger partial charge in [0.2, 0.25) is 0 Å². The van der Waals surface area contributed by atoms with Crippen molar-refractivity contribution in [2.45, 2.75) is 32.5 Å². The summed E-state index contributed by atoms with van der Waals surface area (Å²) in [5.74, 6) is -0.253. The van der Waals surface area contributed by atoms with E-state index in [2.05, 4.69) is 5.32 Å². The highest BCUT2D eigenvalue weighted by Gasteiger charge is 2.44. The highest BCUT2D eigenvalue weighted by atomic mass is 35.5. The smallest absolute Gasteiger partial charge is 0.325 e. The average molecular weight is 282 g/mol. The van der Waals surface area contributed by atoms with E-state index in [-0.39, 0.29) is 12.5 Å². The molecule has 0 aliphatic carbocycles. The van der Waals surface area contributed by atoms with Crippen LogP contribution in [0.4, 0.5) is 4.79 Å². The number of benzene rings is 1. The molecule has 19 heavy (non-hydrogen) atoms. The number of nitrogens with two attached hydrogens (primary N) is 1. The Kier molecular flexibility index (Phi) is 3.52. The Labute approximate surface area is 116 Å². The number of nitrogens with zero attached hydrogens (tertiary/aromatic N) is 1. The lowest BCUT2D eigenvalue weighted by atomic mass is 10.1. The van der Waals surface area contributed by atoms with Crippen LogP contribution < -0.4 is 11.1 Å². The Morgan fingerprint density at radius 3 is 2.53 bits per heavy atom. The predicted octanol–water partition coefficient (Wildman–Crippen LogP) is 1.63. The molecule has 5 nitrogen and oxygen atoms in total.